The monoisotopic (exact) mass is 922 g/mol. The highest BCUT2D eigenvalue weighted by Gasteiger charge is 2.37. The number of hydrogen-bond donors (Lipinski definition) is 4. The summed E-state index contributed by atoms with van der Waals surface area (Å²) in [6, 6.07) is 13.2. The number of nitrogens with one attached hydrogen (secondary N) is 4. The molecule has 16 nitrogen and oxygen atoms in total. The van der Waals surface area contributed by atoms with Crippen molar-refractivity contribution in [3.05, 3.63) is 82.3 Å². The number of nitrogens with zero attached hydrogens (tertiary/aromatic N) is 10. The average Bonchev–Trinajstić information content (AvgIpc) is 4.19. The van der Waals surface area contributed by atoms with E-state index in [0.717, 1.165) is 143 Å². The van der Waals surface area contributed by atoms with Crippen molar-refractivity contribution in [2.75, 3.05) is 65.0 Å². The summed E-state index contributed by atoms with van der Waals surface area (Å²) in [5.41, 5.74) is 6.56. The molecule has 8 heterocycles. The van der Waals surface area contributed by atoms with Crippen molar-refractivity contribution in [1.29, 1.82) is 0 Å². The summed E-state index contributed by atoms with van der Waals surface area (Å²) in [5.74, 6) is 2.44. The standard InChI is InChI=1S/2C24H27N7OS/c2*1-30(2)17-7-8-31(12-17)24(32)14-3-5-18-20(10-14)33-23-21(18)22(25-13-26-23)28-16-4-6-19-15(9-16)11-27-29-19/h2*4,6,9,11,13-14,17H,3,5,7-8,10,12H2,1-2H3,(H,27,29)(H,25,26,28). The van der Waals surface area contributed by atoms with E-state index in [1.807, 2.05) is 36.7 Å². The number of likely N-dealkylation sites (N-methyl/N-ethyl adjacent to an activating group) is 2. The van der Waals surface area contributed by atoms with Crippen LogP contribution in [0.1, 0.15) is 46.6 Å². The minimum absolute atomic E-state index is 0.0688. The number of aryl methyl sites for hydroxylation is 2. The van der Waals surface area contributed by atoms with Gasteiger partial charge in [-0.25, -0.2) is 19.9 Å². The first-order chi connectivity index (χ1) is 32.1. The number of hydrogen-bond acceptors (Lipinski definition) is 14. The molecular formula is C48H54N14O2S2. The number of rotatable bonds is 8. The van der Waals surface area contributed by atoms with Crippen molar-refractivity contribution in [2.45, 2.75) is 63.5 Å². The summed E-state index contributed by atoms with van der Waals surface area (Å²) >= 11 is 3.42. The largest absolute Gasteiger partial charge is 0.341 e. The summed E-state index contributed by atoms with van der Waals surface area (Å²) in [6.07, 6.45) is 14.2. The third kappa shape index (κ3) is 8.13. The van der Waals surface area contributed by atoms with Crippen LogP contribution in [0.25, 0.3) is 42.2 Å². The molecule has 0 saturated carbocycles. The molecule has 0 radical (unpaired) electrons. The van der Waals surface area contributed by atoms with E-state index in [-0.39, 0.29) is 11.8 Å². The topological polar surface area (TPSA) is 180 Å². The van der Waals surface area contributed by atoms with Gasteiger partial charge in [0.25, 0.3) is 0 Å². The fraction of sp³-hybridized carbons (Fsp3) is 0.417. The van der Waals surface area contributed by atoms with Crippen LogP contribution < -0.4 is 10.6 Å². The molecule has 2 fully saturated rings. The summed E-state index contributed by atoms with van der Waals surface area (Å²) in [6.45, 7) is 3.44. The van der Waals surface area contributed by atoms with Gasteiger partial charge in [0.15, 0.2) is 0 Å². The van der Waals surface area contributed by atoms with Crippen LogP contribution in [0.4, 0.5) is 23.0 Å². The third-order valence-corrected chi connectivity index (χ3v) is 16.5. The maximum absolute atomic E-state index is 13.3. The normalized spacial score (nSPS) is 20.6. The molecule has 2 aromatic carbocycles. The van der Waals surface area contributed by atoms with Gasteiger partial charge in [0.1, 0.15) is 34.0 Å². The van der Waals surface area contributed by atoms with E-state index in [1.54, 1.807) is 35.3 Å². The lowest BCUT2D eigenvalue weighted by atomic mass is 9.87. The minimum atomic E-state index is 0.0688. The Morgan fingerprint density at radius 2 is 1.09 bits per heavy atom. The zero-order chi connectivity index (χ0) is 45.1. The van der Waals surface area contributed by atoms with Crippen molar-refractivity contribution in [1.82, 2.24) is 59.9 Å². The van der Waals surface area contributed by atoms with Crippen LogP contribution in [0.5, 0.6) is 0 Å². The Balaban J connectivity index is 0.000000146. The number of H-pyrrole nitrogens is 2. The van der Waals surface area contributed by atoms with Gasteiger partial charge in [-0.15, -0.1) is 22.7 Å². The predicted octanol–water partition coefficient (Wildman–Crippen LogP) is 7.16. The molecule has 0 spiro atoms. The number of amides is 2. The number of aromatic nitrogens is 8. The van der Waals surface area contributed by atoms with Gasteiger partial charge in [-0.05, 0) is 127 Å². The van der Waals surface area contributed by atoms with Crippen molar-refractivity contribution >= 4 is 99.7 Å². The first-order valence-corrected chi connectivity index (χ1v) is 24.6. The van der Waals surface area contributed by atoms with Crippen LogP contribution in [-0.4, -0.2) is 138 Å². The van der Waals surface area contributed by atoms with E-state index in [4.69, 9.17) is 0 Å². The molecule has 0 bridgehead atoms. The Labute approximate surface area is 390 Å². The maximum Gasteiger partial charge on any atom is 0.226 e. The van der Waals surface area contributed by atoms with E-state index in [0.29, 0.717) is 23.9 Å². The lowest BCUT2D eigenvalue weighted by Gasteiger charge is -2.27. The molecule has 4 atom stereocenters. The summed E-state index contributed by atoms with van der Waals surface area (Å²) in [7, 11) is 8.40. The second kappa shape index (κ2) is 17.6. The van der Waals surface area contributed by atoms with Gasteiger partial charge in [0.05, 0.1) is 34.2 Å². The second-order valence-corrected chi connectivity index (χ2v) is 20.8. The highest BCUT2D eigenvalue weighted by atomic mass is 32.1. The Hall–Kier alpha value is -6.08. The number of carbonyl (C=O) groups excluding carboxylic acids is 2. The Morgan fingerprint density at radius 1 is 0.636 bits per heavy atom. The van der Waals surface area contributed by atoms with Gasteiger partial charge in [-0.2, -0.15) is 10.2 Å². The number of likely N-dealkylation sites (tertiary alicyclic amines) is 2. The van der Waals surface area contributed by atoms with Gasteiger partial charge in [-0.1, -0.05) is 0 Å². The Morgan fingerprint density at radius 3 is 1.52 bits per heavy atom. The molecule has 340 valence electrons. The maximum atomic E-state index is 13.3. The summed E-state index contributed by atoms with van der Waals surface area (Å²) < 4.78 is 0. The third-order valence-electron chi connectivity index (χ3n) is 14.2. The van der Waals surface area contributed by atoms with Crippen molar-refractivity contribution in [3.63, 3.8) is 0 Å². The molecule has 8 aromatic rings. The molecule has 6 aromatic heterocycles. The Bertz CT molecular complexity index is 2890. The van der Waals surface area contributed by atoms with E-state index >= 15 is 0 Å². The number of anilines is 4. The first kappa shape index (κ1) is 42.5. The van der Waals surface area contributed by atoms with E-state index < -0.39 is 0 Å². The average molecular weight is 923 g/mol. The van der Waals surface area contributed by atoms with Crippen LogP contribution in [-0.2, 0) is 35.3 Å². The molecule has 4 aliphatic rings. The number of thiophene rings is 2. The molecule has 2 amide bonds. The van der Waals surface area contributed by atoms with Gasteiger partial charge in [0.2, 0.25) is 11.8 Å². The van der Waals surface area contributed by atoms with Crippen LogP contribution >= 0.6 is 22.7 Å². The molecule has 66 heavy (non-hydrogen) atoms. The smallest absolute Gasteiger partial charge is 0.226 e. The number of benzene rings is 2. The summed E-state index contributed by atoms with van der Waals surface area (Å²) in [5, 5.41) is 25.5. The van der Waals surface area contributed by atoms with Crippen molar-refractivity contribution in [3.8, 4) is 0 Å². The van der Waals surface area contributed by atoms with Crippen molar-refractivity contribution in [2.24, 2.45) is 11.8 Å². The molecule has 2 saturated heterocycles. The molecule has 4 unspecified atom stereocenters. The van der Waals surface area contributed by atoms with Crippen molar-refractivity contribution < 1.29 is 9.59 Å². The van der Waals surface area contributed by atoms with Crippen LogP contribution in [0.15, 0.2) is 61.4 Å². The molecule has 18 heteroatoms. The zero-order valence-electron chi connectivity index (χ0n) is 37.7. The zero-order valence-corrected chi connectivity index (χ0v) is 39.3. The molecule has 2 aliphatic heterocycles. The second-order valence-electron chi connectivity index (χ2n) is 18.7. The van der Waals surface area contributed by atoms with E-state index in [1.165, 1.54) is 20.9 Å². The lowest BCUT2D eigenvalue weighted by molar-refractivity contribution is -0.135. The summed E-state index contributed by atoms with van der Waals surface area (Å²) in [4.78, 5) is 57.9. The van der Waals surface area contributed by atoms with Crippen LogP contribution in [0.2, 0.25) is 0 Å². The predicted molar refractivity (Wildman–Crippen MR) is 262 cm³/mol. The molecule has 4 N–H and O–H groups in total. The molecular weight excluding hydrogens is 869 g/mol. The van der Waals surface area contributed by atoms with Crippen LogP contribution in [0, 0.1) is 11.8 Å². The van der Waals surface area contributed by atoms with Gasteiger partial charge < -0.3 is 30.2 Å². The number of fused-ring (bicyclic) bond motifs is 8. The van der Waals surface area contributed by atoms with E-state index in [9.17, 15) is 9.59 Å². The minimum Gasteiger partial charge on any atom is -0.341 e. The molecule has 2 aliphatic carbocycles. The quantitative estimate of drug-likeness (QED) is 0.121. The SMILES string of the molecule is CN(C)C1CCN(C(=O)C2CCc3c(sc4ncnc(Nc5ccc6[nH]ncc6c5)c34)C2)C1.CN(C)C1CCN(C(=O)C2CCc3c(sc4ncnc(Nc5ccc6[nH]ncc6c5)c34)C2)C1. The number of carbonyl (C=O) groups is 2. The van der Waals surface area contributed by atoms with Gasteiger partial charge in [0, 0.05) is 82.0 Å². The van der Waals surface area contributed by atoms with E-state index in [2.05, 4.69) is 111 Å². The highest BCUT2D eigenvalue weighted by Crippen LogP contribution is 2.43. The lowest BCUT2D eigenvalue weighted by Crippen LogP contribution is -2.39. The van der Waals surface area contributed by atoms with Crippen LogP contribution in [0.3, 0.4) is 0 Å². The number of aromatic amines is 2. The Kier molecular flexibility index (Phi) is 11.4. The van der Waals surface area contributed by atoms with Gasteiger partial charge >= 0.3 is 0 Å². The highest BCUT2D eigenvalue weighted by molar-refractivity contribution is 7.19. The van der Waals surface area contributed by atoms with Gasteiger partial charge in [-0.3, -0.25) is 19.8 Å². The fourth-order valence-corrected chi connectivity index (χ4v) is 12.9. The fourth-order valence-electron chi connectivity index (χ4n) is 10.4. The first-order valence-electron chi connectivity index (χ1n) is 22.9. The molecule has 12 rings (SSSR count).